The molecule has 0 N–H and O–H groups in total. The molecule has 48 heavy (non-hydrogen) atoms. The van der Waals surface area contributed by atoms with Crippen molar-refractivity contribution in [1.29, 1.82) is 0 Å². The molecular formula is C44H34N4. The number of para-hydroxylation sites is 4. The van der Waals surface area contributed by atoms with E-state index in [0.717, 1.165) is 22.5 Å². The van der Waals surface area contributed by atoms with Crippen LogP contribution >= 0.6 is 0 Å². The molecule has 230 valence electrons. The number of nitrogens with zero attached hydrogens (tertiary/aromatic N) is 4. The zero-order valence-electron chi connectivity index (χ0n) is 27.5. The second kappa shape index (κ2) is 10.8. The molecule has 0 aliphatic carbocycles. The van der Waals surface area contributed by atoms with Crippen molar-refractivity contribution in [2.45, 2.75) is 27.7 Å². The first-order valence-electron chi connectivity index (χ1n) is 16.5. The topological polar surface area (TPSA) is 35.6 Å². The summed E-state index contributed by atoms with van der Waals surface area (Å²) in [6.07, 6.45) is 3.85. The Bertz CT molecular complexity index is 2410. The maximum Gasteiger partial charge on any atom is 0.0888 e. The fourth-order valence-electron chi connectivity index (χ4n) is 7.61. The summed E-state index contributed by atoms with van der Waals surface area (Å²) < 4.78 is 4.78. The summed E-state index contributed by atoms with van der Waals surface area (Å²) in [5, 5.41) is 5.07. The largest absolute Gasteiger partial charge is 0.309 e. The van der Waals surface area contributed by atoms with E-state index < -0.39 is 0 Å². The van der Waals surface area contributed by atoms with E-state index in [2.05, 4.69) is 158 Å². The Morgan fingerprint density at radius 2 is 0.688 bits per heavy atom. The fourth-order valence-corrected chi connectivity index (χ4v) is 7.61. The van der Waals surface area contributed by atoms with Gasteiger partial charge in [-0.2, -0.15) is 0 Å². The van der Waals surface area contributed by atoms with Gasteiger partial charge in [-0.1, -0.05) is 72.8 Å². The molecule has 0 unspecified atom stereocenters. The molecule has 0 saturated heterocycles. The van der Waals surface area contributed by atoms with Gasteiger partial charge in [-0.25, -0.2) is 0 Å². The molecule has 4 nitrogen and oxygen atoms in total. The van der Waals surface area contributed by atoms with Crippen molar-refractivity contribution in [3.63, 3.8) is 0 Å². The van der Waals surface area contributed by atoms with Crippen LogP contribution < -0.4 is 0 Å². The van der Waals surface area contributed by atoms with Crippen molar-refractivity contribution < 1.29 is 0 Å². The molecule has 4 heteroatoms. The van der Waals surface area contributed by atoms with Gasteiger partial charge in [0, 0.05) is 44.0 Å². The zero-order valence-corrected chi connectivity index (χ0v) is 27.5. The molecule has 3 aromatic heterocycles. The van der Waals surface area contributed by atoms with Gasteiger partial charge in [0.05, 0.1) is 45.8 Å². The Hall–Kier alpha value is -6.00. The van der Waals surface area contributed by atoms with Gasteiger partial charge in [0.1, 0.15) is 0 Å². The summed E-state index contributed by atoms with van der Waals surface area (Å²) in [6.45, 7) is 8.72. The smallest absolute Gasteiger partial charge is 0.0888 e. The van der Waals surface area contributed by atoms with Crippen LogP contribution in [0, 0.1) is 27.7 Å². The number of benzene rings is 6. The van der Waals surface area contributed by atoms with Crippen LogP contribution in [0.2, 0.25) is 0 Å². The first-order valence-corrected chi connectivity index (χ1v) is 16.5. The second-order valence-corrected chi connectivity index (χ2v) is 12.9. The predicted molar refractivity (Wildman–Crippen MR) is 201 cm³/mol. The van der Waals surface area contributed by atoms with E-state index in [1.165, 1.54) is 77.2 Å². The summed E-state index contributed by atoms with van der Waals surface area (Å²) in [4.78, 5) is 9.94. The lowest BCUT2D eigenvalue weighted by Gasteiger charge is -2.16. The molecule has 0 aliphatic rings. The average Bonchev–Trinajstić information content (AvgIpc) is 3.63. The van der Waals surface area contributed by atoms with Crippen LogP contribution in [-0.4, -0.2) is 19.1 Å². The molecular weight excluding hydrogens is 585 g/mol. The molecule has 0 fully saturated rings. The fraction of sp³-hybridized carbons (Fsp3) is 0.0909. The van der Waals surface area contributed by atoms with E-state index in [-0.39, 0.29) is 0 Å². The van der Waals surface area contributed by atoms with E-state index in [0.29, 0.717) is 0 Å². The van der Waals surface area contributed by atoms with Crippen molar-refractivity contribution in [3.05, 3.63) is 156 Å². The Morgan fingerprint density at radius 3 is 1.00 bits per heavy atom. The number of hydrogen-bond acceptors (Lipinski definition) is 2. The van der Waals surface area contributed by atoms with Gasteiger partial charge in [0.15, 0.2) is 0 Å². The third-order valence-corrected chi connectivity index (χ3v) is 9.93. The number of fused-ring (bicyclic) bond motifs is 6. The van der Waals surface area contributed by atoms with Gasteiger partial charge in [-0.15, -0.1) is 0 Å². The van der Waals surface area contributed by atoms with Crippen LogP contribution in [0.5, 0.6) is 0 Å². The van der Waals surface area contributed by atoms with E-state index in [9.17, 15) is 0 Å². The van der Waals surface area contributed by atoms with Crippen molar-refractivity contribution in [2.75, 3.05) is 0 Å². The molecule has 3 heterocycles. The minimum absolute atomic E-state index is 0.879. The van der Waals surface area contributed by atoms with E-state index in [4.69, 9.17) is 9.97 Å². The van der Waals surface area contributed by atoms with Crippen molar-refractivity contribution in [3.8, 4) is 33.9 Å². The van der Waals surface area contributed by atoms with Crippen LogP contribution in [-0.2, 0) is 0 Å². The van der Waals surface area contributed by atoms with Crippen LogP contribution in [0.15, 0.2) is 134 Å². The number of rotatable bonds is 4. The molecule has 0 radical (unpaired) electrons. The minimum Gasteiger partial charge on any atom is -0.309 e. The lowest BCUT2D eigenvalue weighted by molar-refractivity contribution is 1.13. The van der Waals surface area contributed by atoms with Crippen LogP contribution in [0.1, 0.15) is 22.3 Å². The van der Waals surface area contributed by atoms with Crippen LogP contribution in [0.4, 0.5) is 0 Å². The van der Waals surface area contributed by atoms with Gasteiger partial charge in [0.2, 0.25) is 0 Å². The molecule has 9 aromatic rings. The van der Waals surface area contributed by atoms with Gasteiger partial charge in [0.25, 0.3) is 0 Å². The standard InChI is InChI=1S/C44H34N4/c1-27-23-43(47-39-17-9-5-13-31(39)32-14-6-10-18-40(32)47)29(3)21-35(27)37-25-46-38(26-45-37)36-22-30(4)44(24-28(36)2)48-41-19-11-7-15-33(41)34-16-8-12-20-42(34)48/h5-26H,1-4H3. The second-order valence-electron chi connectivity index (χ2n) is 12.9. The Balaban J connectivity index is 1.09. The summed E-state index contributed by atoms with van der Waals surface area (Å²) in [5.41, 5.74) is 15.9. The highest BCUT2D eigenvalue weighted by Gasteiger charge is 2.18. The first-order chi connectivity index (χ1) is 23.5. The molecule has 0 amide bonds. The number of aryl methyl sites for hydroxylation is 4. The van der Waals surface area contributed by atoms with E-state index >= 15 is 0 Å². The molecule has 0 saturated carbocycles. The maximum absolute atomic E-state index is 4.97. The molecule has 0 atom stereocenters. The third-order valence-electron chi connectivity index (χ3n) is 9.93. The normalized spacial score (nSPS) is 11.8. The summed E-state index contributed by atoms with van der Waals surface area (Å²) >= 11 is 0. The van der Waals surface area contributed by atoms with Gasteiger partial charge in [-0.05, 0) is 98.5 Å². The quantitative estimate of drug-likeness (QED) is 0.197. The Labute approximate surface area is 279 Å². The molecule has 0 spiro atoms. The van der Waals surface area contributed by atoms with E-state index in [1.54, 1.807) is 0 Å². The number of aromatic nitrogens is 4. The summed E-state index contributed by atoms with van der Waals surface area (Å²) in [5.74, 6) is 0. The highest BCUT2D eigenvalue weighted by molar-refractivity contribution is 6.10. The summed E-state index contributed by atoms with van der Waals surface area (Å²) in [6, 6.07) is 43.7. The lowest BCUT2D eigenvalue weighted by Crippen LogP contribution is -2.01. The monoisotopic (exact) mass is 618 g/mol. The molecule has 6 aromatic carbocycles. The third kappa shape index (κ3) is 4.22. The first kappa shape index (κ1) is 28.2. The van der Waals surface area contributed by atoms with Crippen molar-refractivity contribution >= 4 is 43.6 Å². The highest BCUT2D eigenvalue weighted by atomic mass is 15.0. The van der Waals surface area contributed by atoms with Crippen molar-refractivity contribution in [1.82, 2.24) is 19.1 Å². The lowest BCUT2D eigenvalue weighted by atomic mass is 9.99. The van der Waals surface area contributed by atoms with E-state index in [1.807, 2.05) is 12.4 Å². The van der Waals surface area contributed by atoms with Gasteiger partial charge < -0.3 is 9.13 Å². The van der Waals surface area contributed by atoms with Crippen LogP contribution in [0.3, 0.4) is 0 Å². The average molecular weight is 619 g/mol. The Morgan fingerprint density at radius 1 is 0.375 bits per heavy atom. The molecule has 0 bridgehead atoms. The SMILES string of the molecule is Cc1cc(-n2c3ccccc3c3ccccc32)c(C)cc1-c1cnc(-c2cc(C)c(-n3c4ccccc4c4ccccc43)cc2C)cn1. The summed E-state index contributed by atoms with van der Waals surface area (Å²) in [7, 11) is 0. The van der Waals surface area contributed by atoms with Crippen molar-refractivity contribution in [2.24, 2.45) is 0 Å². The van der Waals surface area contributed by atoms with Gasteiger partial charge >= 0.3 is 0 Å². The molecule has 9 rings (SSSR count). The maximum atomic E-state index is 4.97. The van der Waals surface area contributed by atoms with Crippen LogP contribution in [0.25, 0.3) is 77.5 Å². The Kier molecular flexibility index (Phi) is 6.34. The predicted octanol–water partition coefficient (Wildman–Crippen LogP) is 11.2. The molecule has 0 aliphatic heterocycles. The minimum atomic E-state index is 0.879. The number of hydrogen-bond donors (Lipinski definition) is 0. The highest BCUT2D eigenvalue weighted by Crippen LogP contribution is 2.37. The van der Waals surface area contributed by atoms with Gasteiger partial charge in [-0.3, -0.25) is 9.97 Å². The zero-order chi connectivity index (χ0) is 32.5.